The Morgan fingerprint density at radius 3 is 2.81 bits per heavy atom. The number of hydrogen-bond donors (Lipinski definition) is 0. The third kappa shape index (κ3) is 4.43. The van der Waals surface area contributed by atoms with Gasteiger partial charge in [0.05, 0.1) is 18.0 Å². The highest BCUT2D eigenvalue weighted by Gasteiger charge is 2.44. The number of carbonyl (C=O) groups excluding carboxylic acids is 1. The van der Waals surface area contributed by atoms with E-state index in [1.165, 1.54) is 0 Å². The fraction of sp³-hybridized carbons (Fsp3) is 0.684. The van der Waals surface area contributed by atoms with Crippen LogP contribution in [0.25, 0.3) is 0 Å². The lowest BCUT2D eigenvalue weighted by molar-refractivity contribution is -0.139. The minimum absolute atomic E-state index is 0.111. The molecule has 26 heavy (non-hydrogen) atoms. The van der Waals surface area contributed by atoms with Gasteiger partial charge in [0.15, 0.2) is 0 Å². The number of sulfonamides is 1. The molecule has 0 aromatic carbocycles. The molecule has 1 aromatic heterocycles. The standard InChI is InChI=1S/C19H29N3O3S/c1-2-3-13-26(24,25)22-12-6-9-19(16-22)10-8-18(23)21(15-19)14-17-7-4-5-11-20-17/h4-5,7,11H,2-3,6,8-10,12-16H2,1H3/t19-/m0/s1. The highest BCUT2D eigenvalue weighted by Crippen LogP contribution is 2.40. The average molecular weight is 380 g/mol. The summed E-state index contributed by atoms with van der Waals surface area (Å²) in [7, 11) is -3.19. The number of hydrogen-bond acceptors (Lipinski definition) is 4. The van der Waals surface area contributed by atoms with Crippen LogP contribution in [0.5, 0.6) is 0 Å². The first-order valence-corrected chi connectivity index (χ1v) is 11.2. The zero-order valence-electron chi connectivity index (χ0n) is 15.6. The minimum atomic E-state index is -3.19. The van der Waals surface area contributed by atoms with Gasteiger partial charge in [-0.3, -0.25) is 9.78 Å². The maximum absolute atomic E-state index is 12.6. The van der Waals surface area contributed by atoms with Gasteiger partial charge in [0.1, 0.15) is 0 Å². The Balaban J connectivity index is 1.71. The molecule has 2 aliphatic rings. The van der Waals surface area contributed by atoms with E-state index < -0.39 is 10.0 Å². The van der Waals surface area contributed by atoms with Crippen LogP contribution >= 0.6 is 0 Å². The molecule has 3 rings (SSSR count). The molecule has 2 saturated heterocycles. The SMILES string of the molecule is CCCCS(=O)(=O)N1CCC[C@@]2(CCC(=O)N(Cc3ccccn3)C2)C1. The van der Waals surface area contributed by atoms with Crippen molar-refractivity contribution in [1.82, 2.24) is 14.2 Å². The van der Waals surface area contributed by atoms with Crippen LogP contribution in [-0.4, -0.2) is 53.9 Å². The van der Waals surface area contributed by atoms with E-state index >= 15 is 0 Å². The van der Waals surface area contributed by atoms with Crippen LogP contribution in [0.4, 0.5) is 0 Å². The van der Waals surface area contributed by atoms with E-state index in [2.05, 4.69) is 4.98 Å². The maximum atomic E-state index is 12.6. The molecule has 0 bridgehead atoms. The van der Waals surface area contributed by atoms with Gasteiger partial charge in [0.25, 0.3) is 0 Å². The number of aromatic nitrogens is 1. The summed E-state index contributed by atoms with van der Waals surface area (Å²) in [6.07, 6.45) is 6.46. The minimum Gasteiger partial charge on any atom is -0.336 e. The van der Waals surface area contributed by atoms with Crippen molar-refractivity contribution in [2.45, 2.75) is 52.0 Å². The first-order chi connectivity index (χ1) is 12.4. The normalized spacial score (nSPS) is 25.0. The van der Waals surface area contributed by atoms with E-state index in [1.54, 1.807) is 10.5 Å². The van der Waals surface area contributed by atoms with Crippen molar-refractivity contribution in [1.29, 1.82) is 0 Å². The van der Waals surface area contributed by atoms with E-state index in [4.69, 9.17) is 0 Å². The molecule has 0 unspecified atom stereocenters. The van der Waals surface area contributed by atoms with Crippen LogP contribution in [0.2, 0.25) is 0 Å². The first kappa shape index (κ1) is 19.3. The van der Waals surface area contributed by atoms with Gasteiger partial charge in [-0.1, -0.05) is 19.4 Å². The number of pyridine rings is 1. The van der Waals surface area contributed by atoms with Crippen LogP contribution in [0.1, 0.15) is 51.1 Å². The second-order valence-electron chi connectivity index (χ2n) is 7.68. The van der Waals surface area contributed by atoms with Gasteiger partial charge in [0, 0.05) is 37.7 Å². The highest BCUT2D eigenvalue weighted by atomic mass is 32.2. The molecule has 144 valence electrons. The third-order valence-electron chi connectivity index (χ3n) is 5.60. The van der Waals surface area contributed by atoms with Crippen molar-refractivity contribution < 1.29 is 13.2 Å². The molecule has 1 spiro atoms. The Morgan fingerprint density at radius 1 is 1.23 bits per heavy atom. The van der Waals surface area contributed by atoms with E-state index in [-0.39, 0.29) is 17.1 Å². The number of amides is 1. The van der Waals surface area contributed by atoms with Crippen molar-refractivity contribution in [2.24, 2.45) is 5.41 Å². The molecule has 1 aromatic rings. The predicted octanol–water partition coefficient (Wildman–Crippen LogP) is 2.42. The third-order valence-corrected chi connectivity index (χ3v) is 7.51. The number of nitrogens with zero attached hydrogens (tertiary/aromatic N) is 3. The van der Waals surface area contributed by atoms with E-state index in [0.29, 0.717) is 39.0 Å². The summed E-state index contributed by atoms with van der Waals surface area (Å²) in [5.74, 6) is 0.378. The van der Waals surface area contributed by atoms with E-state index in [1.807, 2.05) is 30.0 Å². The smallest absolute Gasteiger partial charge is 0.222 e. The lowest BCUT2D eigenvalue weighted by Gasteiger charge is -2.47. The lowest BCUT2D eigenvalue weighted by atomic mass is 9.74. The largest absolute Gasteiger partial charge is 0.336 e. The van der Waals surface area contributed by atoms with E-state index in [9.17, 15) is 13.2 Å². The van der Waals surface area contributed by atoms with Crippen molar-refractivity contribution in [3.8, 4) is 0 Å². The van der Waals surface area contributed by atoms with Crippen molar-refractivity contribution in [3.63, 3.8) is 0 Å². The monoisotopic (exact) mass is 379 g/mol. The van der Waals surface area contributed by atoms with Gasteiger partial charge in [0.2, 0.25) is 15.9 Å². The van der Waals surface area contributed by atoms with Gasteiger partial charge >= 0.3 is 0 Å². The molecule has 7 heteroatoms. The lowest BCUT2D eigenvalue weighted by Crippen LogP contribution is -2.55. The highest BCUT2D eigenvalue weighted by molar-refractivity contribution is 7.89. The fourth-order valence-corrected chi connectivity index (χ4v) is 5.91. The van der Waals surface area contributed by atoms with Gasteiger partial charge < -0.3 is 4.90 Å². The molecule has 6 nitrogen and oxygen atoms in total. The second-order valence-corrected chi connectivity index (χ2v) is 9.77. The van der Waals surface area contributed by atoms with Crippen molar-refractivity contribution in [3.05, 3.63) is 30.1 Å². The van der Waals surface area contributed by atoms with Crippen LogP contribution in [0.15, 0.2) is 24.4 Å². The van der Waals surface area contributed by atoms with Crippen LogP contribution in [-0.2, 0) is 21.4 Å². The summed E-state index contributed by atoms with van der Waals surface area (Å²) in [6.45, 7) is 4.30. The molecule has 1 atom stereocenters. The predicted molar refractivity (Wildman–Crippen MR) is 101 cm³/mol. The quantitative estimate of drug-likeness (QED) is 0.761. The Labute approximate surface area is 156 Å². The average Bonchev–Trinajstić information content (AvgIpc) is 2.64. The fourth-order valence-electron chi connectivity index (χ4n) is 4.12. The number of unbranched alkanes of at least 4 members (excludes halogenated alkanes) is 1. The van der Waals surface area contributed by atoms with Gasteiger partial charge in [-0.05, 0) is 37.8 Å². The number of likely N-dealkylation sites (tertiary alicyclic amines) is 1. The van der Waals surface area contributed by atoms with Crippen LogP contribution in [0.3, 0.4) is 0 Å². The molecule has 3 heterocycles. The Morgan fingerprint density at radius 2 is 2.08 bits per heavy atom. The maximum Gasteiger partial charge on any atom is 0.222 e. The number of piperidine rings is 2. The van der Waals surface area contributed by atoms with Gasteiger partial charge in [-0.15, -0.1) is 0 Å². The van der Waals surface area contributed by atoms with Crippen LogP contribution < -0.4 is 0 Å². The zero-order chi connectivity index (χ0) is 18.6. The summed E-state index contributed by atoms with van der Waals surface area (Å²) < 4.78 is 27.0. The van der Waals surface area contributed by atoms with Crippen LogP contribution in [0, 0.1) is 5.41 Å². The number of carbonyl (C=O) groups is 1. The molecular formula is C19H29N3O3S. The van der Waals surface area contributed by atoms with Gasteiger partial charge in [-0.2, -0.15) is 0 Å². The molecule has 0 aliphatic carbocycles. The molecule has 2 fully saturated rings. The summed E-state index contributed by atoms with van der Waals surface area (Å²) >= 11 is 0. The van der Waals surface area contributed by atoms with E-state index in [0.717, 1.165) is 31.4 Å². The summed E-state index contributed by atoms with van der Waals surface area (Å²) in [5, 5.41) is 0. The molecular weight excluding hydrogens is 350 g/mol. The summed E-state index contributed by atoms with van der Waals surface area (Å²) in [6, 6.07) is 5.72. The summed E-state index contributed by atoms with van der Waals surface area (Å²) in [4.78, 5) is 18.6. The zero-order valence-corrected chi connectivity index (χ0v) is 16.4. The Hall–Kier alpha value is -1.47. The molecule has 1 amide bonds. The van der Waals surface area contributed by atoms with Crippen molar-refractivity contribution >= 4 is 15.9 Å². The van der Waals surface area contributed by atoms with Crippen molar-refractivity contribution in [2.75, 3.05) is 25.4 Å². The second kappa shape index (κ2) is 8.05. The molecule has 0 N–H and O–H groups in total. The Bertz CT molecular complexity index is 723. The Kier molecular flexibility index (Phi) is 5.97. The molecule has 0 saturated carbocycles. The summed E-state index contributed by atoms with van der Waals surface area (Å²) in [5.41, 5.74) is 0.765. The number of rotatable bonds is 6. The first-order valence-electron chi connectivity index (χ1n) is 9.60. The molecule has 2 aliphatic heterocycles. The molecule has 0 radical (unpaired) electrons. The van der Waals surface area contributed by atoms with Gasteiger partial charge in [-0.25, -0.2) is 12.7 Å². The topological polar surface area (TPSA) is 70.6 Å².